The Kier molecular flexibility index (Phi) is 3.79. The quantitative estimate of drug-likeness (QED) is 0.743. The van der Waals surface area contributed by atoms with Gasteiger partial charge in [-0.15, -0.1) is 0 Å². The first kappa shape index (κ1) is 14.3. The summed E-state index contributed by atoms with van der Waals surface area (Å²) in [5.41, 5.74) is 2.85. The Bertz CT molecular complexity index is 807. The zero-order valence-corrected chi connectivity index (χ0v) is 12.8. The molecule has 0 aliphatic carbocycles. The molecule has 0 amide bonds. The van der Waals surface area contributed by atoms with Crippen LogP contribution in [0.1, 0.15) is 30.1 Å². The van der Waals surface area contributed by atoms with Gasteiger partial charge in [0.25, 0.3) is 0 Å². The monoisotopic (exact) mass is 311 g/mol. The van der Waals surface area contributed by atoms with Gasteiger partial charge in [-0.25, -0.2) is 14.4 Å². The van der Waals surface area contributed by atoms with Crippen molar-refractivity contribution in [3.63, 3.8) is 0 Å². The highest BCUT2D eigenvalue weighted by Crippen LogP contribution is 2.29. The van der Waals surface area contributed by atoms with Crippen LogP contribution in [-0.2, 0) is 11.3 Å². The predicted molar refractivity (Wildman–Crippen MR) is 85.8 cm³/mol. The molecule has 0 N–H and O–H groups in total. The normalized spacial score (nSPS) is 16.0. The minimum Gasteiger partial charge on any atom is -0.381 e. The number of pyridine rings is 1. The maximum absolute atomic E-state index is 13.1. The summed E-state index contributed by atoms with van der Waals surface area (Å²) in [6.45, 7) is 2.20. The molecule has 4 rings (SSSR count). The van der Waals surface area contributed by atoms with E-state index in [1.54, 1.807) is 6.20 Å². The molecule has 0 radical (unpaired) electrons. The second kappa shape index (κ2) is 6.08. The van der Waals surface area contributed by atoms with Gasteiger partial charge in [-0.1, -0.05) is 12.1 Å². The molecule has 0 atom stereocenters. The standard InChI is InChI=1S/C18H18FN3O/c19-15-5-3-13(4-6-15)12-22-17(14-7-10-23-11-8-14)21-16-2-1-9-20-18(16)22/h1-6,9,14H,7-8,10-12H2. The van der Waals surface area contributed by atoms with Gasteiger partial charge in [0.2, 0.25) is 0 Å². The molecule has 1 saturated heterocycles. The molecule has 2 aromatic heterocycles. The van der Waals surface area contributed by atoms with Crippen LogP contribution < -0.4 is 0 Å². The van der Waals surface area contributed by atoms with E-state index in [0.717, 1.165) is 48.6 Å². The fraction of sp³-hybridized carbons (Fsp3) is 0.333. The number of rotatable bonds is 3. The van der Waals surface area contributed by atoms with Gasteiger partial charge in [-0.3, -0.25) is 0 Å². The highest BCUT2D eigenvalue weighted by Gasteiger charge is 2.23. The summed E-state index contributed by atoms with van der Waals surface area (Å²) < 4.78 is 20.8. The van der Waals surface area contributed by atoms with Crippen molar-refractivity contribution in [3.05, 3.63) is 59.8 Å². The van der Waals surface area contributed by atoms with Crippen LogP contribution in [-0.4, -0.2) is 27.7 Å². The van der Waals surface area contributed by atoms with Crippen molar-refractivity contribution >= 4 is 11.2 Å². The van der Waals surface area contributed by atoms with Crippen LogP contribution >= 0.6 is 0 Å². The van der Waals surface area contributed by atoms with E-state index < -0.39 is 0 Å². The third-order valence-electron chi connectivity index (χ3n) is 4.37. The summed E-state index contributed by atoms with van der Waals surface area (Å²) in [6.07, 6.45) is 3.75. The molecule has 1 aliphatic heterocycles. The van der Waals surface area contributed by atoms with Crippen LogP contribution in [0.3, 0.4) is 0 Å². The Morgan fingerprint density at radius 2 is 1.91 bits per heavy atom. The smallest absolute Gasteiger partial charge is 0.160 e. The number of hydrogen-bond acceptors (Lipinski definition) is 3. The van der Waals surface area contributed by atoms with Crippen LogP contribution in [0.4, 0.5) is 4.39 Å². The molecule has 1 aliphatic rings. The lowest BCUT2D eigenvalue weighted by Gasteiger charge is -2.22. The summed E-state index contributed by atoms with van der Waals surface area (Å²) in [4.78, 5) is 9.33. The lowest BCUT2D eigenvalue weighted by molar-refractivity contribution is 0.0830. The van der Waals surface area contributed by atoms with Crippen molar-refractivity contribution in [1.82, 2.24) is 14.5 Å². The van der Waals surface area contributed by atoms with Crippen molar-refractivity contribution in [2.75, 3.05) is 13.2 Å². The number of imidazole rings is 1. The third kappa shape index (κ3) is 2.84. The number of benzene rings is 1. The Balaban J connectivity index is 1.77. The Morgan fingerprint density at radius 3 is 2.70 bits per heavy atom. The molecule has 3 aromatic rings. The third-order valence-corrected chi connectivity index (χ3v) is 4.37. The largest absolute Gasteiger partial charge is 0.381 e. The number of halogens is 1. The maximum Gasteiger partial charge on any atom is 0.160 e. The molecule has 1 aromatic carbocycles. The molecule has 118 valence electrons. The van der Waals surface area contributed by atoms with E-state index in [1.807, 2.05) is 24.3 Å². The van der Waals surface area contributed by atoms with E-state index in [4.69, 9.17) is 9.72 Å². The van der Waals surface area contributed by atoms with E-state index in [-0.39, 0.29) is 5.82 Å². The van der Waals surface area contributed by atoms with Crippen LogP contribution in [0.5, 0.6) is 0 Å². The fourth-order valence-corrected chi connectivity index (χ4v) is 3.17. The van der Waals surface area contributed by atoms with Gasteiger partial charge in [0, 0.05) is 25.3 Å². The number of aromatic nitrogens is 3. The molecule has 0 saturated carbocycles. The average Bonchev–Trinajstić information content (AvgIpc) is 2.96. The van der Waals surface area contributed by atoms with Gasteiger partial charge in [-0.2, -0.15) is 0 Å². The Morgan fingerprint density at radius 1 is 1.13 bits per heavy atom. The molecule has 0 bridgehead atoms. The maximum atomic E-state index is 13.1. The molecule has 23 heavy (non-hydrogen) atoms. The topological polar surface area (TPSA) is 39.9 Å². The van der Waals surface area contributed by atoms with Gasteiger partial charge in [0.1, 0.15) is 17.2 Å². The van der Waals surface area contributed by atoms with Crippen molar-refractivity contribution < 1.29 is 9.13 Å². The van der Waals surface area contributed by atoms with E-state index in [1.165, 1.54) is 12.1 Å². The van der Waals surface area contributed by atoms with Gasteiger partial charge in [0.15, 0.2) is 5.65 Å². The van der Waals surface area contributed by atoms with E-state index in [2.05, 4.69) is 9.55 Å². The molecular weight excluding hydrogens is 293 g/mol. The lowest BCUT2D eigenvalue weighted by atomic mass is 9.99. The van der Waals surface area contributed by atoms with Crippen LogP contribution in [0.15, 0.2) is 42.6 Å². The number of fused-ring (bicyclic) bond motifs is 1. The highest BCUT2D eigenvalue weighted by atomic mass is 19.1. The predicted octanol–water partition coefficient (Wildman–Crippen LogP) is 3.51. The number of ether oxygens (including phenoxy) is 1. The van der Waals surface area contributed by atoms with Gasteiger partial charge in [0.05, 0.1) is 6.54 Å². The number of hydrogen-bond donors (Lipinski definition) is 0. The molecular formula is C18H18FN3O. The summed E-state index contributed by atoms with van der Waals surface area (Å²) in [5, 5.41) is 0. The molecule has 1 fully saturated rings. The minimum atomic E-state index is -0.216. The highest BCUT2D eigenvalue weighted by molar-refractivity contribution is 5.71. The zero-order chi connectivity index (χ0) is 15.6. The van der Waals surface area contributed by atoms with Crippen LogP contribution in [0.25, 0.3) is 11.2 Å². The molecule has 4 nitrogen and oxygen atoms in total. The van der Waals surface area contributed by atoms with E-state index in [0.29, 0.717) is 12.5 Å². The van der Waals surface area contributed by atoms with Gasteiger partial charge < -0.3 is 9.30 Å². The van der Waals surface area contributed by atoms with Crippen molar-refractivity contribution in [3.8, 4) is 0 Å². The summed E-state index contributed by atoms with van der Waals surface area (Å²) >= 11 is 0. The Labute approximate surface area is 133 Å². The fourth-order valence-electron chi connectivity index (χ4n) is 3.17. The van der Waals surface area contributed by atoms with E-state index >= 15 is 0 Å². The zero-order valence-electron chi connectivity index (χ0n) is 12.8. The van der Waals surface area contributed by atoms with Crippen molar-refractivity contribution in [2.24, 2.45) is 0 Å². The van der Waals surface area contributed by atoms with Crippen LogP contribution in [0.2, 0.25) is 0 Å². The Hall–Kier alpha value is -2.27. The van der Waals surface area contributed by atoms with Gasteiger partial charge >= 0.3 is 0 Å². The van der Waals surface area contributed by atoms with Crippen LogP contribution in [0, 0.1) is 5.82 Å². The lowest BCUT2D eigenvalue weighted by Crippen LogP contribution is -2.18. The molecule has 5 heteroatoms. The second-order valence-electron chi connectivity index (χ2n) is 5.92. The first-order valence-corrected chi connectivity index (χ1v) is 7.94. The summed E-state index contributed by atoms with van der Waals surface area (Å²) in [7, 11) is 0. The number of nitrogens with zero attached hydrogens (tertiary/aromatic N) is 3. The first-order valence-electron chi connectivity index (χ1n) is 7.94. The summed E-state index contributed by atoms with van der Waals surface area (Å²) in [5.74, 6) is 1.23. The summed E-state index contributed by atoms with van der Waals surface area (Å²) in [6, 6.07) is 10.5. The average molecular weight is 311 g/mol. The van der Waals surface area contributed by atoms with E-state index in [9.17, 15) is 4.39 Å². The molecule has 0 spiro atoms. The minimum absolute atomic E-state index is 0.216. The molecule has 0 unspecified atom stereocenters. The molecule has 3 heterocycles. The van der Waals surface area contributed by atoms with Crippen molar-refractivity contribution in [2.45, 2.75) is 25.3 Å². The first-order chi connectivity index (χ1) is 11.3. The SMILES string of the molecule is Fc1ccc(Cn2c(C3CCOCC3)nc3cccnc32)cc1. The van der Waals surface area contributed by atoms with Crippen molar-refractivity contribution in [1.29, 1.82) is 0 Å². The van der Waals surface area contributed by atoms with Gasteiger partial charge in [-0.05, 0) is 42.7 Å². The second-order valence-corrected chi connectivity index (χ2v) is 5.92.